The highest BCUT2D eigenvalue weighted by molar-refractivity contribution is 14.1. The molecule has 1 N–H and O–H groups in total. The van der Waals surface area contributed by atoms with Crippen LogP contribution >= 0.6 is 22.6 Å². The number of fused-ring (bicyclic) bond motifs is 1. The van der Waals surface area contributed by atoms with Crippen LogP contribution in [0.2, 0.25) is 0 Å². The van der Waals surface area contributed by atoms with E-state index in [0.29, 0.717) is 10.9 Å². The summed E-state index contributed by atoms with van der Waals surface area (Å²) in [5.41, 5.74) is 2.25. The highest BCUT2D eigenvalue weighted by Crippen LogP contribution is 2.19. The first-order valence-corrected chi connectivity index (χ1v) is 6.13. The predicted octanol–water partition coefficient (Wildman–Crippen LogP) is 3.14. The molecule has 0 aliphatic rings. The Balaban J connectivity index is 2.99. The van der Waals surface area contributed by atoms with Gasteiger partial charge in [-0.3, -0.25) is 4.79 Å². The van der Waals surface area contributed by atoms with E-state index in [0.717, 1.165) is 21.2 Å². The summed E-state index contributed by atoms with van der Waals surface area (Å²) >= 11 is 2.03. The molecule has 84 valence electrons. The Bertz CT molecular complexity index is 618. The van der Waals surface area contributed by atoms with Gasteiger partial charge in [-0.05, 0) is 48.1 Å². The maximum absolute atomic E-state index is 13.2. The van der Waals surface area contributed by atoms with E-state index < -0.39 is 0 Å². The van der Waals surface area contributed by atoms with Crippen LogP contribution in [-0.2, 0) is 6.42 Å². The Hall–Kier alpha value is -0.910. The SMILES string of the molecule is CCc1[nH]c2c(I)cc(F)cc2c(=O)c1C. The summed E-state index contributed by atoms with van der Waals surface area (Å²) in [7, 11) is 0. The van der Waals surface area contributed by atoms with Crippen molar-refractivity contribution in [3.63, 3.8) is 0 Å². The molecule has 2 rings (SSSR count). The van der Waals surface area contributed by atoms with Crippen molar-refractivity contribution in [2.24, 2.45) is 0 Å². The molecule has 16 heavy (non-hydrogen) atoms. The van der Waals surface area contributed by atoms with E-state index >= 15 is 0 Å². The van der Waals surface area contributed by atoms with Gasteiger partial charge < -0.3 is 4.98 Å². The van der Waals surface area contributed by atoms with Crippen LogP contribution in [0.4, 0.5) is 4.39 Å². The van der Waals surface area contributed by atoms with Crippen molar-refractivity contribution in [3.8, 4) is 0 Å². The molecular weight excluding hydrogens is 320 g/mol. The molecule has 1 aromatic carbocycles. The Kier molecular flexibility index (Phi) is 3.01. The monoisotopic (exact) mass is 331 g/mol. The maximum Gasteiger partial charge on any atom is 0.192 e. The normalized spacial score (nSPS) is 11.0. The minimum atomic E-state index is -0.369. The molecule has 0 fully saturated rings. The van der Waals surface area contributed by atoms with E-state index in [1.165, 1.54) is 12.1 Å². The van der Waals surface area contributed by atoms with Crippen LogP contribution in [-0.4, -0.2) is 4.98 Å². The van der Waals surface area contributed by atoms with E-state index in [2.05, 4.69) is 4.98 Å². The molecule has 0 aliphatic heterocycles. The third-order valence-electron chi connectivity index (χ3n) is 2.72. The summed E-state index contributed by atoms with van der Waals surface area (Å²) in [6, 6.07) is 2.72. The second-order valence-electron chi connectivity index (χ2n) is 3.72. The Labute approximate surface area is 106 Å². The summed E-state index contributed by atoms with van der Waals surface area (Å²) < 4.78 is 14.0. The molecule has 0 atom stereocenters. The zero-order chi connectivity index (χ0) is 11.9. The smallest absolute Gasteiger partial charge is 0.192 e. The quantitative estimate of drug-likeness (QED) is 0.800. The van der Waals surface area contributed by atoms with Gasteiger partial charge in [0.15, 0.2) is 5.43 Å². The van der Waals surface area contributed by atoms with Gasteiger partial charge in [-0.25, -0.2) is 4.39 Å². The van der Waals surface area contributed by atoms with Gasteiger partial charge in [-0.1, -0.05) is 6.92 Å². The minimum Gasteiger partial charge on any atom is -0.357 e. The topological polar surface area (TPSA) is 32.9 Å². The Morgan fingerprint density at radius 1 is 1.44 bits per heavy atom. The van der Waals surface area contributed by atoms with E-state index in [4.69, 9.17) is 0 Å². The van der Waals surface area contributed by atoms with Crippen LogP contribution in [0.1, 0.15) is 18.2 Å². The largest absolute Gasteiger partial charge is 0.357 e. The van der Waals surface area contributed by atoms with E-state index in [1.807, 2.05) is 29.5 Å². The Morgan fingerprint density at radius 2 is 2.12 bits per heavy atom. The standard InChI is InChI=1S/C12H11FINO/c1-3-10-6(2)12(16)8-4-7(13)5-9(14)11(8)15-10/h4-5H,3H2,1-2H3,(H,15,16). The van der Waals surface area contributed by atoms with Crippen LogP contribution in [0.3, 0.4) is 0 Å². The number of hydrogen-bond acceptors (Lipinski definition) is 1. The van der Waals surface area contributed by atoms with Crippen LogP contribution in [0, 0.1) is 16.3 Å². The lowest BCUT2D eigenvalue weighted by molar-refractivity contribution is 0.628. The second-order valence-corrected chi connectivity index (χ2v) is 4.88. The molecule has 2 nitrogen and oxygen atoms in total. The lowest BCUT2D eigenvalue weighted by atomic mass is 10.1. The van der Waals surface area contributed by atoms with Crippen molar-refractivity contribution in [1.29, 1.82) is 0 Å². The van der Waals surface area contributed by atoms with Crippen LogP contribution in [0.25, 0.3) is 10.9 Å². The first-order chi connectivity index (χ1) is 7.54. The van der Waals surface area contributed by atoms with Gasteiger partial charge >= 0.3 is 0 Å². The zero-order valence-corrected chi connectivity index (χ0v) is 11.2. The molecule has 0 aliphatic carbocycles. The number of nitrogens with one attached hydrogen (secondary N) is 1. The number of pyridine rings is 1. The van der Waals surface area contributed by atoms with Gasteiger partial charge in [0.1, 0.15) is 5.82 Å². The molecular formula is C12H11FINO. The van der Waals surface area contributed by atoms with Gasteiger partial charge in [-0.2, -0.15) is 0 Å². The number of benzene rings is 1. The van der Waals surface area contributed by atoms with Crippen molar-refractivity contribution < 1.29 is 4.39 Å². The van der Waals surface area contributed by atoms with Crippen molar-refractivity contribution in [2.45, 2.75) is 20.3 Å². The average Bonchev–Trinajstić information content (AvgIpc) is 2.24. The first-order valence-electron chi connectivity index (χ1n) is 5.05. The molecule has 4 heteroatoms. The number of hydrogen-bond donors (Lipinski definition) is 1. The highest BCUT2D eigenvalue weighted by atomic mass is 127. The molecule has 0 unspecified atom stereocenters. The lowest BCUT2D eigenvalue weighted by Gasteiger charge is -2.07. The molecule has 2 aromatic rings. The first kappa shape index (κ1) is 11.6. The highest BCUT2D eigenvalue weighted by Gasteiger charge is 2.10. The number of aromatic nitrogens is 1. The van der Waals surface area contributed by atoms with Crippen molar-refractivity contribution in [2.75, 3.05) is 0 Å². The number of halogens is 2. The average molecular weight is 331 g/mol. The molecule has 0 amide bonds. The van der Waals surface area contributed by atoms with Crippen LogP contribution in [0.5, 0.6) is 0 Å². The van der Waals surface area contributed by atoms with Crippen molar-refractivity contribution in [1.82, 2.24) is 4.98 Å². The van der Waals surface area contributed by atoms with Crippen molar-refractivity contribution >= 4 is 33.5 Å². The number of aryl methyl sites for hydroxylation is 1. The lowest BCUT2D eigenvalue weighted by Crippen LogP contribution is -2.12. The molecule has 0 bridgehead atoms. The molecule has 0 spiro atoms. The summed E-state index contributed by atoms with van der Waals surface area (Å²) in [6.07, 6.45) is 0.768. The van der Waals surface area contributed by atoms with E-state index in [-0.39, 0.29) is 11.2 Å². The second kappa shape index (κ2) is 4.16. The fraction of sp³-hybridized carbons (Fsp3) is 0.250. The van der Waals surface area contributed by atoms with Gasteiger partial charge in [0.05, 0.1) is 5.52 Å². The molecule has 0 saturated heterocycles. The fourth-order valence-electron chi connectivity index (χ4n) is 1.82. The van der Waals surface area contributed by atoms with Crippen molar-refractivity contribution in [3.05, 3.63) is 43.0 Å². The van der Waals surface area contributed by atoms with Gasteiger partial charge in [0.2, 0.25) is 0 Å². The minimum absolute atomic E-state index is 0.0805. The maximum atomic E-state index is 13.2. The van der Waals surface area contributed by atoms with E-state index in [1.54, 1.807) is 6.92 Å². The molecule has 0 saturated carbocycles. The fourth-order valence-corrected chi connectivity index (χ4v) is 2.54. The van der Waals surface area contributed by atoms with Crippen LogP contribution < -0.4 is 5.43 Å². The zero-order valence-electron chi connectivity index (χ0n) is 9.03. The van der Waals surface area contributed by atoms with E-state index in [9.17, 15) is 9.18 Å². The number of rotatable bonds is 1. The van der Waals surface area contributed by atoms with Gasteiger partial charge in [-0.15, -0.1) is 0 Å². The summed E-state index contributed by atoms with van der Waals surface area (Å²) in [5, 5.41) is 0.430. The van der Waals surface area contributed by atoms with Gasteiger partial charge in [0, 0.05) is 20.2 Å². The van der Waals surface area contributed by atoms with Gasteiger partial charge in [0.25, 0.3) is 0 Å². The number of H-pyrrole nitrogens is 1. The molecule has 1 heterocycles. The van der Waals surface area contributed by atoms with Crippen LogP contribution in [0.15, 0.2) is 16.9 Å². The third-order valence-corrected chi connectivity index (χ3v) is 3.57. The summed E-state index contributed by atoms with van der Waals surface area (Å²) in [4.78, 5) is 15.2. The molecule has 1 aromatic heterocycles. The molecule has 0 radical (unpaired) electrons. The number of aromatic amines is 1. The third kappa shape index (κ3) is 1.75. The summed E-state index contributed by atoms with van der Waals surface area (Å²) in [5.74, 6) is -0.369. The summed E-state index contributed by atoms with van der Waals surface area (Å²) in [6.45, 7) is 3.76. The Morgan fingerprint density at radius 3 is 2.75 bits per heavy atom. The predicted molar refractivity (Wildman–Crippen MR) is 71.4 cm³/mol.